The fourth-order valence-corrected chi connectivity index (χ4v) is 0.942. The minimum atomic E-state index is 0.841. The van der Waals surface area contributed by atoms with E-state index in [4.69, 9.17) is 0 Å². The van der Waals surface area contributed by atoms with Crippen LogP contribution in [0.25, 0.3) is 12.2 Å². The second kappa shape index (κ2) is 3.81. The third-order valence-electron chi connectivity index (χ3n) is 1.47. The number of aryl methyl sites for hydroxylation is 1. The Hall–Kier alpha value is -1.44. The van der Waals surface area contributed by atoms with Gasteiger partial charge in [-0.3, -0.25) is 4.98 Å². The molecule has 0 fully saturated rings. The van der Waals surface area contributed by atoms with Crippen molar-refractivity contribution in [2.45, 2.75) is 13.8 Å². The van der Waals surface area contributed by atoms with Crippen LogP contribution in [-0.4, -0.2) is 9.97 Å². The van der Waals surface area contributed by atoms with Crippen molar-refractivity contribution in [3.63, 3.8) is 0 Å². The first-order valence-corrected chi connectivity index (χ1v) is 3.86. The van der Waals surface area contributed by atoms with Crippen LogP contribution in [0, 0.1) is 6.92 Å². The summed E-state index contributed by atoms with van der Waals surface area (Å²) in [5.74, 6) is 0. The van der Waals surface area contributed by atoms with Gasteiger partial charge in [0.05, 0.1) is 17.1 Å². The van der Waals surface area contributed by atoms with E-state index in [0.29, 0.717) is 0 Å². The third-order valence-corrected chi connectivity index (χ3v) is 1.47. The van der Waals surface area contributed by atoms with Crippen LogP contribution in [0.15, 0.2) is 18.9 Å². The van der Waals surface area contributed by atoms with E-state index in [1.54, 1.807) is 12.3 Å². The van der Waals surface area contributed by atoms with E-state index in [0.717, 1.165) is 17.1 Å². The van der Waals surface area contributed by atoms with E-state index in [1.807, 2.05) is 26.0 Å². The summed E-state index contributed by atoms with van der Waals surface area (Å²) in [5.41, 5.74) is 2.63. The van der Waals surface area contributed by atoms with Crippen LogP contribution in [0.3, 0.4) is 0 Å². The Labute approximate surface area is 72.7 Å². The SMILES string of the molecule is C=Cc1nc(C)cnc1C=CC. The average molecular weight is 160 g/mol. The number of hydrogen-bond donors (Lipinski definition) is 0. The lowest BCUT2D eigenvalue weighted by atomic mass is 10.2. The Morgan fingerprint density at radius 3 is 2.75 bits per heavy atom. The molecule has 0 amide bonds. The van der Waals surface area contributed by atoms with E-state index < -0.39 is 0 Å². The normalized spacial score (nSPS) is 10.5. The van der Waals surface area contributed by atoms with Crippen LogP contribution in [0.4, 0.5) is 0 Å². The zero-order valence-corrected chi connectivity index (χ0v) is 7.41. The number of rotatable bonds is 2. The van der Waals surface area contributed by atoms with Crippen LogP contribution < -0.4 is 0 Å². The number of nitrogens with zero attached hydrogens (tertiary/aromatic N) is 2. The molecule has 0 bridgehead atoms. The van der Waals surface area contributed by atoms with Crippen molar-refractivity contribution in [2.24, 2.45) is 0 Å². The molecule has 0 aliphatic heterocycles. The molecule has 0 aromatic carbocycles. The Bertz CT molecular complexity index is 314. The lowest BCUT2D eigenvalue weighted by Gasteiger charge is -1.99. The van der Waals surface area contributed by atoms with E-state index in [1.165, 1.54) is 0 Å². The molecule has 0 unspecified atom stereocenters. The molecular formula is C10H12N2. The van der Waals surface area contributed by atoms with Crippen LogP contribution in [0.5, 0.6) is 0 Å². The molecule has 0 saturated heterocycles. The second-order valence-electron chi connectivity index (χ2n) is 2.49. The van der Waals surface area contributed by atoms with E-state index in [9.17, 15) is 0 Å². The summed E-state index contributed by atoms with van der Waals surface area (Å²) in [5, 5.41) is 0. The van der Waals surface area contributed by atoms with Gasteiger partial charge >= 0.3 is 0 Å². The molecule has 0 N–H and O–H groups in total. The topological polar surface area (TPSA) is 25.8 Å². The first-order chi connectivity index (χ1) is 5.77. The van der Waals surface area contributed by atoms with Crippen LogP contribution >= 0.6 is 0 Å². The highest BCUT2D eigenvalue weighted by Gasteiger charge is 1.97. The first kappa shape index (κ1) is 8.65. The lowest BCUT2D eigenvalue weighted by molar-refractivity contribution is 1.09. The molecule has 12 heavy (non-hydrogen) atoms. The van der Waals surface area contributed by atoms with Crippen LogP contribution in [-0.2, 0) is 0 Å². The number of hydrogen-bond acceptors (Lipinski definition) is 2. The summed E-state index contributed by atoms with van der Waals surface area (Å²) < 4.78 is 0. The molecule has 2 heteroatoms. The molecular weight excluding hydrogens is 148 g/mol. The molecule has 1 aromatic heterocycles. The largest absolute Gasteiger partial charge is 0.253 e. The molecule has 62 valence electrons. The lowest BCUT2D eigenvalue weighted by Crippen LogP contribution is -1.93. The summed E-state index contributed by atoms with van der Waals surface area (Å²) in [6.07, 6.45) is 7.33. The molecule has 0 atom stereocenters. The van der Waals surface area contributed by atoms with Gasteiger partial charge in [0.15, 0.2) is 0 Å². The minimum absolute atomic E-state index is 0.841. The molecule has 2 nitrogen and oxygen atoms in total. The van der Waals surface area contributed by atoms with Gasteiger partial charge in [0.1, 0.15) is 0 Å². The molecule has 0 radical (unpaired) electrons. The molecule has 0 spiro atoms. The van der Waals surface area contributed by atoms with Crippen molar-refractivity contribution in [2.75, 3.05) is 0 Å². The quantitative estimate of drug-likeness (QED) is 0.664. The van der Waals surface area contributed by atoms with E-state index in [2.05, 4.69) is 16.5 Å². The van der Waals surface area contributed by atoms with Gasteiger partial charge in [0, 0.05) is 6.20 Å². The highest BCUT2D eigenvalue weighted by molar-refractivity contribution is 5.57. The Kier molecular flexibility index (Phi) is 2.75. The fourth-order valence-electron chi connectivity index (χ4n) is 0.942. The minimum Gasteiger partial charge on any atom is -0.253 e. The highest BCUT2D eigenvalue weighted by Crippen LogP contribution is 2.06. The van der Waals surface area contributed by atoms with Gasteiger partial charge in [0.2, 0.25) is 0 Å². The highest BCUT2D eigenvalue weighted by atomic mass is 14.8. The number of aromatic nitrogens is 2. The van der Waals surface area contributed by atoms with Gasteiger partial charge in [-0.15, -0.1) is 0 Å². The number of allylic oxidation sites excluding steroid dienone is 1. The standard InChI is InChI=1S/C10H12N2/c1-4-6-10-9(5-2)12-8(3)7-11-10/h4-7H,2H2,1,3H3. The van der Waals surface area contributed by atoms with E-state index >= 15 is 0 Å². The second-order valence-corrected chi connectivity index (χ2v) is 2.49. The van der Waals surface area contributed by atoms with Crippen molar-refractivity contribution < 1.29 is 0 Å². The molecule has 0 aliphatic carbocycles. The van der Waals surface area contributed by atoms with Crippen molar-refractivity contribution >= 4 is 12.2 Å². The van der Waals surface area contributed by atoms with Gasteiger partial charge in [-0.2, -0.15) is 0 Å². The van der Waals surface area contributed by atoms with Gasteiger partial charge in [-0.05, 0) is 26.0 Å². The smallest absolute Gasteiger partial charge is 0.0883 e. The predicted octanol–water partition coefficient (Wildman–Crippen LogP) is 2.46. The molecule has 1 aromatic rings. The summed E-state index contributed by atoms with van der Waals surface area (Å²) >= 11 is 0. The van der Waals surface area contributed by atoms with Gasteiger partial charge < -0.3 is 0 Å². The van der Waals surface area contributed by atoms with Crippen LogP contribution in [0.1, 0.15) is 24.0 Å². The Balaban J connectivity index is 3.19. The maximum absolute atomic E-state index is 4.28. The van der Waals surface area contributed by atoms with Crippen LogP contribution in [0.2, 0.25) is 0 Å². The Morgan fingerprint density at radius 2 is 2.17 bits per heavy atom. The first-order valence-electron chi connectivity index (χ1n) is 3.86. The maximum Gasteiger partial charge on any atom is 0.0883 e. The molecule has 0 aliphatic rings. The zero-order chi connectivity index (χ0) is 8.97. The van der Waals surface area contributed by atoms with Crippen molar-refractivity contribution in [1.82, 2.24) is 9.97 Å². The van der Waals surface area contributed by atoms with Gasteiger partial charge in [0.25, 0.3) is 0 Å². The summed E-state index contributed by atoms with van der Waals surface area (Å²) in [4.78, 5) is 8.50. The van der Waals surface area contributed by atoms with Crippen molar-refractivity contribution in [3.8, 4) is 0 Å². The zero-order valence-electron chi connectivity index (χ0n) is 7.41. The molecule has 1 rings (SSSR count). The van der Waals surface area contributed by atoms with Crippen molar-refractivity contribution in [1.29, 1.82) is 0 Å². The Morgan fingerprint density at radius 1 is 1.42 bits per heavy atom. The summed E-state index contributed by atoms with van der Waals surface area (Å²) in [6, 6.07) is 0. The van der Waals surface area contributed by atoms with Gasteiger partial charge in [-0.1, -0.05) is 12.7 Å². The maximum atomic E-state index is 4.28. The molecule has 1 heterocycles. The average Bonchev–Trinajstić information content (AvgIpc) is 2.08. The predicted molar refractivity (Wildman–Crippen MR) is 51.6 cm³/mol. The van der Waals surface area contributed by atoms with E-state index in [-0.39, 0.29) is 0 Å². The summed E-state index contributed by atoms with van der Waals surface area (Å²) in [6.45, 7) is 7.55. The van der Waals surface area contributed by atoms with Crippen molar-refractivity contribution in [3.05, 3.63) is 35.9 Å². The monoisotopic (exact) mass is 160 g/mol. The fraction of sp³-hybridized carbons (Fsp3) is 0.200. The third kappa shape index (κ3) is 1.78. The van der Waals surface area contributed by atoms with Gasteiger partial charge in [-0.25, -0.2) is 4.98 Å². The summed E-state index contributed by atoms with van der Waals surface area (Å²) in [7, 11) is 0. The molecule has 0 saturated carbocycles.